The van der Waals surface area contributed by atoms with Crippen LogP contribution in [-0.2, 0) is 9.53 Å². The smallest absolute Gasteiger partial charge is 0.318 e. The number of nitrogens with one attached hydrogen (secondary N) is 2. The lowest BCUT2D eigenvalue weighted by molar-refractivity contribution is -0.143. The first-order chi connectivity index (χ1) is 14.6. The van der Waals surface area contributed by atoms with E-state index in [2.05, 4.69) is 10.3 Å². The molecule has 8 heteroatoms. The third-order valence-corrected chi connectivity index (χ3v) is 5.76. The molecule has 0 unspecified atom stereocenters. The highest BCUT2D eigenvalue weighted by Gasteiger charge is 2.42. The molecule has 3 heterocycles. The molecule has 2 aliphatic rings. The number of H-pyrrole nitrogens is 1. The minimum Gasteiger partial charge on any atom is -0.468 e. The van der Waals surface area contributed by atoms with Gasteiger partial charge in [0, 0.05) is 30.2 Å². The van der Waals surface area contributed by atoms with E-state index in [9.17, 15) is 9.59 Å². The van der Waals surface area contributed by atoms with Crippen molar-refractivity contribution < 1.29 is 23.8 Å². The number of para-hydroxylation sites is 1. The first-order valence-corrected chi connectivity index (χ1v) is 9.68. The predicted octanol–water partition coefficient (Wildman–Crippen LogP) is 2.90. The van der Waals surface area contributed by atoms with Crippen molar-refractivity contribution in [1.82, 2.24) is 15.2 Å². The van der Waals surface area contributed by atoms with Gasteiger partial charge in [0.15, 0.2) is 11.5 Å². The van der Waals surface area contributed by atoms with Crippen molar-refractivity contribution in [2.75, 3.05) is 27.5 Å². The van der Waals surface area contributed by atoms with Gasteiger partial charge < -0.3 is 29.4 Å². The molecule has 3 aromatic rings. The largest absolute Gasteiger partial charge is 0.468 e. The summed E-state index contributed by atoms with van der Waals surface area (Å²) >= 11 is 0. The summed E-state index contributed by atoms with van der Waals surface area (Å²) in [6.45, 7) is 0.366. The maximum absolute atomic E-state index is 12.9. The number of fused-ring (bicyclic) bond motifs is 4. The summed E-state index contributed by atoms with van der Waals surface area (Å²) in [4.78, 5) is 30.7. The zero-order chi connectivity index (χ0) is 20.8. The molecular formula is C22H21N3O5. The van der Waals surface area contributed by atoms with E-state index in [0.29, 0.717) is 11.5 Å². The van der Waals surface area contributed by atoms with E-state index in [1.54, 1.807) is 11.9 Å². The molecule has 0 radical (unpaired) electrons. The fourth-order valence-electron chi connectivity index (χ4n) is 4.43. The van der Waals surface area contributed by atoms with Gasteiger partial charge in [-0.15, -0.1) is 0 Å². The van der Waals surface area contributed by atoms with E-state index in [0.717, 1.165) is 27.7 Å². The van der Waals surface area contributed by atoms with Crippen LogP contribution >= 0.6 is 0 Å². The van der Waals surface area contributed by atoms with Crippen LogP contribution < -0.4 is 14.8 Å². The number of aromatic amines is 1. The first-order valence-electron chi connectivity index (χ1n) is 9.68. The van der Waals surface area contributed by atoms with Crippen molar-refractivity contribution in [3.05, 3.63) is 59.3 Å². The second kappa shape index (κ2) is 6.98. The summed E-state index contributed by atoms with van der Waals surface area (Å²) in [6.07, 6.45) is 0. The molecule has 0 bridgehead atoms. The van der Waals surface area contributed by atoms with Crippen LogP contribution in [0.2, 0.25) is 0 Å². The van der Waals surface area contributed by atoms with Gasteiger partial charge in [-0.1, -0.05) is 24.3 Å². The zero-order valence-electron chi connectivity index (χ0n) is 16.6. The zero-order valence-corrected chi connectivity index (χ0v) is 16.6. The van der Waals surface area contributed by atoms with Gasteiger partial charge in [0.05, 0.1) is 13.2 Å². The number of amides is 2. The normalized spacial score (nSPS) is 19.5. The second-order valence-electron chi connectivity index (χ2n) is 7.30. The van der Waals surface area contributed by atoms with Crippen molar-refractivity contribution in [2.45, 2.75) is 12.0 Å². The molecular weight excluding hydrogens is 386 g/mol. The Morgan fingerprint density at radius 2 is 1.97 bits per heavy atom. The molecule has 2 amide bonds. The molecule has 5 rings (SSSR count). The molecule has 2 aliphatic heterocycles. The highest BCUT2D eigenvalue weighted by molar-refractivity contribution is 5.93. The molecule has 0 saturated carbocycles. The fourth-order valence-corrected chi connectivity index (χ4v) is 4.43. The van der Waals surface area contributed by atoms with Crippen molar-refractivity contribution in [1.29, 1.82) is 0 Å². The quantitative estimate of drug-likeness (QED) is 0.638. The Kier molecular flexibility index (Phi) is 4.27. The number of aromatic nitrogens is 1. The van der Waals surface area contributed by atoms with E-state index in [1.807, 2.05) is 42.5 Å². The van der Waals surface area contributed by atoms with E-state index in [4.69, 9.17) is 14.2 Å². The number of carbonyl (C=O) groups is 2. The monoisotopic (exact) mass is 407 g/mol. The van der Waals surface area contributed by atoms with Gasteiger partial charge in [-0.2, -0.15) is 0 Å². The second-order valence-corrected chi connectivity index (χ2v) is 7.30. The lowest BCUT2D eigenvalue weighted by atomic mass is 9.85. The minimum absolute atomic E-state index is 0.171. The number of urea groups is 1. The van der Waals surface area contributed by atoms with Crippen LogP contribution in [-0.4, -0.2) is 49.4 Å². The molecule has 0 saturated heterocycles. The van der Waals surface area contributed by atoms with Gasteiger partial charge in [-0.05, 0) is 29.3 Å². The predicted molar refractivity (Wildman–Crippen MR) is 109 cm³/mol. The van der Waals surface area contributed by atoms with Gasteiger partial charge in [0.25, 0.3) is 0 Å². The number of benzene rings is 2. The van der Waals surface area contributed by atoms with Crippen molar-refractivity contribution in [3.8, 4) is 11.5 Å². The highest BCUT2D eigenvalue weighted by Crippen LogP contribution is 2.45. The number of nitrogens with zero attached hydrogens (tertiary/aromatic N) is 1. The molecule has 2 atom stereocenters. The lowest BCUT2D eigenvalue weighted by Gasteiger charge is -2.38. The molecule has 8 nitrogen and oxygen atoms in total. The van der Waals surface area contributed by atoms with Crippen LogP contribution in [0.1, 0.15) is 28.8 Å². The van der Waals surface area contributed by atoms with Gasteiger partial charge in [0.1, 0.15) is 5.92 Å². The van der Waals surface area contributed by atoms with Gasteiger partial charge >= 0.3 is 12.0 Å². The maximum Gasteiger partial charge on any atom is 0.318 e. The average Bonchev–Trinajstić information content (AvgIpc) is 3.40. The van der Waals surface area contributed by atoms with Crippen LogP contribution in [0, 0.1) is 0 Å². The molecule has 1 aromatic heterocycles. The third-order valence-electron chi connectivity index (χ3n) is 5.76. The number of carbonyl (C=O) groups excluding carboxylic acids is 2. The molecule has 2 aromatic carbocycles. The molecule has 0 fully saturated rings. The van der Waals surface area contributed by atoms with Crippen LogP contribution in [0.15, 0.2) is 42.5 Å². The lowest BCUT2D eigenvalue weighted by Crippen LogP contribution is -2.47. The third kappa shape index (κ3) is 2.67. The minimum atomic E-state index is -0.594. The van der Waals surface area contributed by atoms with E-state index in [-0.39, 0.29) is 25.3 Å². The summed E-state index contributed by atoms with van der Waals surface area (Å²) in [7, 11) is 2.94. The topological polar surface area (TPSA) is 92.9 Å². The van der Waals surface area contributed by atoms with E-state index >= 15 is 0 Å². The number of rotatable bonds is 2. The Morgan fingerprint density at radius 3 is 2.77 bits per heavy atom. The summed E-state index contributed by atoms with van der Waals surface area (Å²) < 4.78 is 16.1. The number of esters is 1. The average molecular weight is 407 g/mol. The fraction of sp³-hybridized carbons (Fsp3) is 0.273. The van der Waals surface area contributed by atoms with E-state index < -0.39 is 12.0 Å². The van der Waals surface area contributed by atoms with Crippen molar-refractivity contribution >= 4 is 22.9 Å². The number of hydrogen-bond acceptors (Lipinski definition) is 5. The highest BCUT2D eigenvalue weighted by atomic mass is 16.7. The SMILES string of the molecule is CNC(=O)N1C[C@H](C(=O)OC)c2c([nH]c3ccccc23)[C@H]1c1ccc2c(c1)OCO2. The van der Waals surface area contributed by atoms with Crippen molar-refractivity contribution in [3.63, 3.8) is 0 Å². The molecule has 0 spiro atoms. The summed E-state index contributed by atoms with van der Waals surface area (Å²) in [5, 5.41) is 3.64. The Labute approximate surface area is 172 Å². The van der Waals surface area contributed by atoms with Crippen molar-refractivity contribution in [2.24, 2.45) is 0 Å². The summed E-state index contributed by atoms with van der Waals surface area (Å²) in [5.41, 5.74) is 3.42. The van der Waals surface area contributed by atoms with E-state index in [1.165, 1.54) is 7.11 Å². The van der Waals surface area contributed by atoms with Crippen LogP contribution in [0.5, 0.6) is 11.5 Å². The van der Waals surface area contributed by atoms with Crippen LogP contribution in [0.3, 0.4) is 0 Å². The van der Waals surface area contributed by atoms with Gasteiger partial charge in [0.2, 0.25) is 6.79 Å². The number of hydrogen-bond donors (Lipinski definition) is 2. The summed E-state index contributed by atoms with van der Waals surface area (Å²) in [6, 6.07) is 12.7. The van der Waals surface area contributed by atoms with Gasteiger partial charge in [-0.3, -0.25) is 4.79 Å². The molecule has 0 aliphatic carbocycles. The Bertz CT molecular complexity index is 1150. The maximum atomic E-state index is 12.9. The first kappa shape index (κ1) is 18.4. The van der Waals surface area contributed by atoms with Crippen LogP contribution in [0.25, 0.3) is 10.9 Å². The Morgan fingerprint density at radius 1 is 1.17 bits per heavy atom. The number of methoxy groups -OCH3 is 1. The van der Waals surface area contributed by atoms with Crippen LogP contribution in [0.4, 0.5) is 4.79 Å². The summed E-state index contributed by atoms with van der Waals surface area (Å²) in [5.74, 6) is 0.338. The van der Waals surface area contributed by atoms with Gasteiger partial charge in [-0.25, -0.2) is 4.79 Å². The molecule has 154 valence electrons. The molecule has 30 heavy (non-hydrogen) atoms. The Hall–Kier alpha value is -3.68. The number of ether oxygens (including phenoxy) is 3. The standard InChI is InChI=1S/C22H21N3O5/c1-23-22(27)25-10-14(21(26)28-2)18-13-5-3-4-6-15(13)24-19(18)20(25)12-7-8-16-17(9-12)30-11-29-16/h3-9,14,20,24H,10-11H2,1-2H3,(H,23,27)/t14-,20+/m0/s1. The molecule has 2 N–H and O–H groups in total. The Balaban J connectivity index is 1.74.